The molecule has 0 saturated heterocycles. The van der Waals surface area contributed by atoms with Crippen molar-refractivity contribution in [2.45, 2.75) is 26.7 Å². The molecule has 0 N–H and O–H groups in total. The molecule has 0 fully saturated rings. The zero-order valence-corrected chi connectivity index (χ0v) is 8.28. The van der Waals surface area contributed by atoms with Crippen molar-refractivity contribution in [3.05, 3.63) is 40.1 Å². The van der Waals surface area contributed by atoms with Gasteiger partial charge in [0.25, 0.3) is 0 Å². The van der Waals surface area contributed by atoms with Crippen LogP contribution in [0, 0.1) is 0 Å². The molecule has 1 aliphatic carbocycles. The van der Waals surface area contributed by atoms with Crippen molar-refractivity contribution < 1.29 is 0 Å². The Morgan fingerprint density at radius 3 is 3.00 bits per heavy atom. The van der Waals surface area contributed by atoms with Gasteiger partial charge in [0.1, 0.15) is 0 Å². The normalized spacial score (nSPS) is 20.1. The second kappa shape index (κ2) is 4.35. The third-order valence-corrected chi connectivity index (χ3v) is 2.01. The molecule has 1 rings (SSSR count). The minimum atomic E-state index is 0.704. The lowest BCUT2D eigenvalue weighted by Gasteiger charge is -2.00. The molecule has 0 aromatic heterocycles. The van der Waals surface area contributed by atoms with E-state index in [0.29, 0.717) is 5.03 Å². The van der Waals surface area contributed by atoms with Crippen LogP contribution in [0.4, 0.5) is 0 Å². The SMILES string of the molecule is CCC1=C=C(Cl)/C=C\CC(C)=C1. The van der Waals surface area contributed by atoms with Crippen molar-refractivity contribution in [2.75, 3.05) is 0 Å². The van der Waals surface area contributed by atoms with Crippen LogP contribution in [0.3, 0.4) is 0 Å². The van der Waals surface area contributed by atoms with Gasteiger partial charge in [0, 0.05) is 0 Å². The van der Waals surface area contributed by atoms with Gasteiger partial charge in [0.15, 0.2) is 0 Å². The van der Waals surface area contributed by atoms with Crippen LogP contribution in [0.5, 0.6) is 0 Å². The molecule has 0 radical (unpaired) electrons. The zero-order valence-electron chi connectivity index (χ0n) is 7.52. The fourth-order valence-corrected chi connectivity index (χ4v) is 1.34. The summed E-state index contributed by atoms with van der Waals surface area (Å²) in [5.41, 5.74) is 5.68. The fraction of sp³-hybridized carbons (Fsp3) is 0.364. The molecule has 0 heterocycles. The summed E-state index contributed by atoms with van der Waals surface area (Å²) in [4.78, 5) is 0. The Balaban J connectivity index is 3.10. The maximum atomic E-state index is 5.88. The highest BCUT2D eigenvalue weighted by Crippen LogP contribution is 2.15. The van der Waals surface area contributed by atoms with E-state index in [0.717, 1.165) is 12.8 Å². The van der Waals surface area contributed by atoms with Gasteiger partial charge in [-0.25, -0.2) is 0 Å². The van der Waals surface area contributed by atoms with E-state index in [1.165, 1.54) is 11.1 Å². The lowest BCUT2D eigenvalue weighted by molar-refractivity contribution is 1.11. The quantitative estimate of drug-likeness (QED) is 0.536. The van der Waals surface area contributed by atoms with E-state index in [1.54, 1.807) is 0 Å². The minimum absolute atomic E-state index is 0.704. The molecular weight excluding hydrogens is 168 g/mol. The smallest absolute Gasteiger partial charge is 0.0824 e. The fourth-order valence-electron chi connectivity index (χ4n) is 1.13. The molecule has 0 aromatic carbocycles. The average Bonchev–Trinajstić information content (AvgIpc) is 2.00. The summed E-state index contributed by atoms with van der Waals surface area (Å²) < 4.78 is 0. The maximum Gasteiger partial charge on any atom is 0.0824 e. The van der Waals surface area contributed by atoms with Crippen LogP contribution in [0.25, 0.3) is 0 Å². The summed E-state index contributed by atoms with van der Waals surface area (Å²) in [7, 11) is 0. The number of rotatable bonds is 1. The van der Waals surface area contributed by atoms with Crippen LogP contribution >= 0.6 is 11.6 Å². The third kappa shape index (κ3) is 2.73. The zero-order chi connectivity index (χ0) is 8.97. The summed E-state index contributed by atoms with van der Waals surface area (Å²) >= 11 is 5.88. The van der Waals surface area contributed by atoms with Gasteiger partial charge < -0.3 is 0 Å². The van der Waals surface area contributed by atoms with E-state index in [9.17, 15) is 0 Å². The van der Waals surface area contributed by atoms with E-state index in [2.05, 4.69) is 31.7 Å². The summed E-state index contributed by atoms with van der Waals surface area (Å²) in [6, 6.07) is 0. The highest BCUT2D eigenvalue weighted by atomic mass is 35.5. The van der Waals surface area contributed by atoms with Crippen molar-refractivity contribution in [1.82, 2.24) is 0 Å². The Kier molecular flexibility index (Phi) is 3.40. The first-order valence-electron chi connectivity index (χ1n) is 4.21. The van der Waals surface area contributed by atoms with E-state index in [1.807, 2.05) is 6.08 Å². The van der Waals surface area contributed by atoms with Crippen LogP contribution in [-0.4, -0.2) is 0 Å². The molecule has 0 aromatic rings. The monoisotopic (exact) mass is 180 g/mol. The molecular formula is C11H13Cl. The molecule has 12 heavy (non-hydrogen) atoms. The number of halogens is 1. The lowest BCUT2D eigenvalue weighted by atomic mass is 10.1. The Labute approximate surface area is 78.9 Å². The van der Waals surface area contributed by atoms with Crippen LogP contribution < -0.4 is 0 Å². The predicted molar refractivity (Wildman–Crippen MR) is 54.2 cm³/mol. The van der Waals surface area contributed by atoms with Gasteiger partial charge in [-0.1, -0.05) is 42.0 Å². The van der Waals surface area contributed by atoms with Gasteiger partial charge in [-0.3, -0.25) is 0 Å². The number of hydrogen-bond acceptors (Lipinski definition) is 0. The maximum absolute atomic E-state index is 5.88. The molecule has 64 valence electrons. The lowest BCUT2D eigenvalue weighted by Crippen LogP contribution is -1.81. The number of hydrogen-bond donors (Lipinski definition) is 0. The molecule has 0 amide bonds. The van der Waals surface area contributed by atoms with Crippen LogP contribution in [0.15, 0.2) is 40.1 Å². The van der Waals surface area contributed by atoms with E-state index < -0.39 is 0 Å². The highest BCUT2D eigenvalue weighted by Gasteiger charge is 1.94. The second-order valence-electron chi connectivity index (χ2n) is 2.95. The Bertz CT molecular complexity index is 286. The first kappa shape index (κ1) is 9.38. The largest absolute Gasteiger partial charge is 0.0971 e. The topological polar surface area (TPSA) is 0 Å². The van der Waals surface area contributed by atoms with Crippen molar-refractivity contribution in [3.63, 3.8) is 0 Å². The van der Waals surface area contributed by atoms with Crippen molar-refractivity contribution in [1.29, 1.82) is 0 Å². The van der Waals surface area contributed by atoms with Gasteiger partial charge >= 0.3 is 0 Å². The molecule has 0 aliphatic heterocycles. The van der Waals surface area contributed by atoms with Crippen molar-refractivity contribution in [3.8, 4) is 0 Å². The minimum Gasteiger partial charge on any atom is -0.0971 e. The third-order valence-electron chi connectivity index (χ3n) is 1.79. The Hall–Kier alpha value is -0.710. The second-order valence-corrected chi connectivity index (χ2v) is 3.36. The molecule has 0 atom stereocenters. The first-order valence-corrected chi connectivity index (χ1v) is 4.59. The van der Waals surface area contributed by atoms with Crippen molar-refractivity contribution in [2.24, 2.45) is 0 Å². The summed E-state index contributed by atoms with van der Waals surface area (Å²) in [6.45, 7) is 4.24. The number of allylic oxidation sites excluding steroid dienone is 5. The van der Waals surface area contributed by atoms with Gasteiger partial charge in [-0.2, -0.15) is 0 Å². The highest BCUT2D eigenvalue weighted by molar-refractivity contribution is 6.31. The molecule has 0 spiro atoms. The van der Waals surface area contributed by atoms with E-state index in [-0.39, 0.29) is 0 Å². The molecule has 0 unspecified atom stereocenters. The van der Waals surface area contributed by atoms with Gasteiger partial charge in [-0.05, 0) is 31.4 Å². The van der Waals surface area contributed by atoms with Crippen LogP contribution in [0.2, 0.25) is 0 Å². The van der Waals surface area contributed by atoms with Crippen LogP contribution in [-0.2, 0) is 0 Å². The van der Waals surface area contributed by atoms with Crippen LogP contribution in [0.1, 0.15) is 26.7 Å². The van der Waals surface area contributed by atoms with Gasteiger partial charge in [0.05, 0.1) is 5.03 Å². The average molecular weight is 181 g/mol. The summed E-state index contributed by atoms with van der Waals surface area (Å²) in [5.74, 6) is 0. The molecule has 1 aliphatic rings. The molecule has 1 heteroatoms. The first-order chi connectivity index (χ1) is 5.72. The standard InChI is InChI=1S/C11H13Cl/c1-3-10-7-9(2)5-4-6-11(12)8-10/h4,6-7H,3,5H2,1-2H3/b6-4-,9-7?. The van der Waals surface area contributed by atoms with Gasteiger partial charge in [0.2, 0.25) is 0 Å². The van der Waals surface area contributed by atoms with Crippen molar-refractivity contribution >= 4 is 11.6 Å². The molecule has 0 saturated carbocycles. The Morgan fingerprint density at radius 1 is 1.58 bits per heavy atom. The van der Waals surface area contributed by atoms with E-state index >= 15 is 0 Å². The summed E-state index contributed by atoms with van der Waals surface area (Å²) in [5, 5.41) is 0.704. The predicted octanol–water partition coefficient (Wildman–Crippen LogP) is 3.95. The molecule has 0 bridgehead atoms. The molecule has 0 nitrogen and oxygen atoms in total. The van der Waals surface area contributed by atoms with Gasteiger partial charge in [-0.15, -0.1) is 0 Å². The Morgan fingerprint density at radius 2 is 2.33 bits per heavy atom. The van der Waals surface area contributed by atoms with E-state index in [4.69, 9.17) is 11.6 Å². The summed E-state index contributed by atoms with van der Waals surface area (Å²) in [6.07, 6.45) is 8.11.